The number of likely N-dealkylation sites (tertiary alicyclic amines) is 1. The minimum atomic E-state index is -0.770. The zero-order valence-corrected chi connectivity index (χ0v) is 12.1. The molecule has 1 heterocycles. The molecule has 20 heavy (non-hydrogen) atoms. The van der Waals surface area contributed by atoms with E-state index in [1.54, 1.807) is 4.90 Å². The minimum Gasteiger partial charge on any atom is -0.481 e. The SMILES string of the molecule is O=C(O)CC1CCN(C(=O)NCCCC2CCCC2)C1. The molecule has 1 saturated carbocycles. The van der Waals surface area contributed by atoms with Crippen molar-refractivity contribution in [3.8, 4) is 0 Å². The van der Waals surface area contributed by atoms with Gasteiger partial charge in [-0.25, -0.2) is 4.79 Å². The average Bonchev–Trinajstić information content (AvgIpc) is 3.04. The number of carbonyl (C=O) groups excluding carboxylic acids is 1. The van der Waals surface area contributed by atoms with Gasteiger partial charge >= 0.3 is 12.0 Å². The van der Waals surface area contributed by atoms with Gasteiger partial charge in [0, 0.05) is 26.1 Å². The summed E-state index contributed by atoms with van der Waals surface area (Å²) in [7, 11) is 0. The molecule has 2 fully saturated rings. The van der Waals surface area contributed by atoms with Crippen LogP contribution < -0.4 is 5.32 Å². The van der Waals surface area contributed by atoms with E-state index in [0.717, 1.165) is 25.3 Å². The summed E-state index contributed by atoms with van der Waals surface area (Å²) < 4.78 is 0. The fourth-order valence-electron chi connectivity index (χ4n) is 3.43. The molecule has 2 amide bonds. The molecule has 0 spiro atoms. The standard InChI is InChI=1S/C15H26N2O3/c18-14(19)10-13-7-9-17(11-13)15(20)16-8-3-6-12-4-1-2-5-12/h12-13H,1-11H2,(H,16,20)(H,18,19). The first-order valence-electron chi connectivity index (χ1n) is 7.89. The maximum absolute atomic E-state index is 11.9. The Balaban J connectivity index is 1.57. The summed E-state index contributed by atoms with van der Waals surface area (Å²) in [6, 6.07) is -0.0238. The molecule has 0 radical (unpaired) electrons. The molecule has 2 aliphatic rings. The van der Waals surface area contributed by atoms with E-state index in [0.29, 0.717) is 13.1 Å². The summed E-state index contributed by atoms with van der Waals surface area (Å²) >= 11 is 0. The number of carbonyl (C=O) groups is 2. The average molecular weight is 282 g/mol. The third-order valence-electron chi connectivity index (χ3n) is 4.58. The number of hydrogen-bond donors (Lipinski definition) is 2. The van der Waals surface area contributed by atoms with Crippen LogP contribution in [0.2, 0.25) is 0 Å². The number of urea groups is 1. The lowest BCUT2D eigenvalue weighted by atomic mass is 10.0. The second-order valence-corrected chi connectivity index (χ2v) is 6.22. The van der Waals surface area contributed by atoms with Crippen molar-refractivity contribution in [3.05, 3.63) is 0 Å². The third kappa shape index (κ3) is 4.69. The second-order valence-electron chi connectivity index (χ2n) is 6.22. The Morgan fingerprint density at radius 3 is 2.60 bits per heavy atom. The third-order valence-corrected chi connectivity index (χ3v) is 4.58. The highest BCUT2D eigenvalue weighted by Gasteiger charge is 2.27. The highest BCUT2D eigenvalue weighted by molar-refractivity contribution is 5.74. The largest absolute Gasteiger partial charge is 0.481 e. The summed E-state index contributed by atoms with van der Waals surface area (Å²) in [5, 5.41) is 11.7. The van der Waals surface area contributed by atoms with Crippen molar-refractivity contribution < 1.29 is 14.7 Å². The smallest absolute Gasteiger partial charge is 0.317 e. The highest BCUT2D eigenvalue weighted by atomic mass is 16.4. The Labute approximate surface area is 120 Å². The van der Waals surface area contributed by atoms with Crippen molar-refractivity contribution in [1.29, 1.82) is 0 Å². The van der Waals surface area contributed by atoms with E-state index in [-0.39, 0.29) is 18.4 Å². The van der Waals surface area contributed by atoms with Crippen LogP contribution in [0.5, 0.6) is 0 Å². The van der Waals surface area contributed by atoms with Crippen LogP contribution in [0.4, 0.5) is 4.79 Å². The Morgan fingerprint density at radius 2 is 1.90 bits per heavy atom. The van der Waals surface area contributed by atoms with Crippen LogP contribution in [-0.4, -0.2) is 41.6 Å². The minimum absolute atomic E-state index is 0.0238. The van der Waals surface area contributed by atoms with Crippen LogP contribution in [0.25, 0.3) is 0 Å². The number of rotatable bonds is 6. The first-order chi connectivity index (χ1) is 9.65. The quantitative estimate of drug-likeness (QED) is 0.735. The van der Waals surface area contributed by atoms with Gasteiger partial charge < -0.3 is 15.3 Å². The maximum Gasteiger partial charge on any atom is 0.317 e. The van der Waals surface area contributed by atoms with Crippen molar-refractivity contribution >= 4 is 12.0 Å². The van der Waals surface area contributed by atoms with Crippen molar-refractivity contribution in [2.45, 2.75) is 51.4 Å². The van der Waals surface area contributed by atoms with Crippen molar-refractivity contribution in [1.82, 2.24) is 10.2 Å². The number of carboxylic acid groups (broad SMARTS) is 1. The summed E-state index contributed by atoms with van der Waals surface area (Å²) in [4.78, 5) is 24.3. The van der Waals surface area contributed by atoms with Gasteiger partial charge in [-0.05, 0) is 31.1 Å². The molecular weight excluding hydrogens is 256 g/mol. The summed E-state index contributed by atoms with van der Waals surface area (Å²) in [5.41, 5.74) is 0. The van der Waals surface area contributed by atoms with Gasteiger partial charge in [0.25, 0.3) is 0 Å². The van der Waals surface area contributed by atoms with Crippen molar-refractivity contribution in [2.75, 3.05) is 19.6 Å². The number of carboxylic acids is 1. The monoisotopic (exact) mass is 282 g/mol. The molecule has 0 aromatic heterocycles. The molecule has 0 aromatic rings. The maximum atomic E-state index is 11.9. The van der Waals surface area contributed by atoms with Crippen LogP contribution in [0.1, 0.15) is 51.4 Å². The van der Waals surface area contributed by atoms with Crippen LogP contribution in [0.3, 0.4) is 0 Å². The molecule has 1 unspecified atom stereocenters. The van der Waals surface area contributed by atoms with E-state index in [9.17, 15) is 9.59 Å². The van der Waals surface area contributed by atoms with Gasteiger partial charge in [-0.15, -0.1) is 0 Å². The lowest BCUT2D eigenvalue weighted by Crippen LogP contribution is -2.39. The molecule has 5 nitrogen and oxygen atoms in total. The Hall–Kier alpha value is -1.26. The molecular formula is C15H26N2O3. The van der Waals surface area contributed by atoms with Crippen LogP contribution >= 0.6 is 0 Å². The predicted octanol–water partition coefficient (Wildman–Crippen LogP) is 2.46. The molecule has 2 rings (SSSR count). The van der Waals surface area contributed by atoms with E-state index >= 15 is 0 Å². The van der Waals surface area contributed by atoms with Gasteiger partial charge in [0.1, 0.15) is 0 Å². The first-order valence-corrected chi connectivity index (χ1v) is 7.89. The zero-order valence-electron chi connectivity index (χ0n) is 12.1. The van der Waals surface area contributed by atoms with E-state index in [1.165, 1.54) is 32.1 Å². The van der Waals surface area contributed by atoms with Crippen molar-refractivity contribution in [2.24, 2.45) is 11.8 Å². The molecule has 1 aliphatic carbocycles. The summed E-state index contributed by atoms with van der Waals surface area (Å²) in [6.45, 7) is 2.02. The molecule has 1 aliphatic heterocycles. The lowest BCUT2D eigenvalue weighted by molar-refractivity contribution is -0.138. The van der Waals surface area contributed by atoms with Gasteiger partial charge in [0.05, 0.1) is 0 Å². The molecule has 1 atom stereocenters. The van der Waals surface area contributed by atoms with Gasteiger partial charge in [0.15, 0.2) is 0 Å². The first kappa shape index (κ1) is 15.1. The van der Waals surface area contributed by atoms with Gasteiger partial charge in [-0.3, -0.25) is 4.79 Å². The fraction of sp³-hybridized carbons (Fsp3) is 0.867. The zero-order chi connectivity index (χ0) is 14.4. The highest BCUT2D eigenvalue weighted by Crippen LogP contribution is 2.28. The lowest BCUT2D eigenvalue weighted by Gasteiger charge is -2.17. The molecule has 0 bridgehead atoms. The number of amides is 2. The van der Waals surface area contributed by atoms with E-state index in [2.05, 4.69) is 5.32 Å². The van der Waals surface area contributed by atoms with E-state index < -0.39 is 5.97 Å². The Morgan fingerprint density at radius 1 is 1.15 bits per heavy atom. The van der Waals surface area contributed by atoms with Crippen molar-refractivity contribution in [3.63, 3.8) is 0 Å². The van der Waals surface area contributed by atoms with Gasteiger partial charge in [0.2, 0.25) is 0 Å². The number of aliphatic carboxylic acids is 1. The Kier molecular flexibility index (Phi) is 5.68. The molecule has 114 valence electrons. The van der Waals surface area contributed by atoms with Crippen LogP contribution in [0.15, 0.2) is 0 Å². The summed E-state index contributed by atoms with van der Waals surface area (Å²) in [6.07, 6.45) is 8.72. The molecule has 5 heteroatoms. The number of hydrogen-bond acceptors (Lipinski definition) is 2. The topological polar surface area (TPSA) is 69.6 Å². The van der Waals surface area contributed by atoms with Crippen LogP contribution in [0, 0.1) is 11.8 Å². The number of nitrogens with zero attached hydrogens (tertiary/aromatic N) is 1. The van der Waals surface area contributed by atoms with Gasteiger partial charge in [-0.1, -0.05) is 25.7 Å². The van der Waals surface area contributed by atoms with Crippen LogP contribution in [-0.2, 0) is 4.79 Å². The van der Waals surface area contributed by atoms with Gasteiger partial charge in [-0.2, -0.15) is 0 Å². The normalized spacial score (nSPS) is 23.2. The number of nitrogens with one attached hydrogen (secondary N) is 1. The van der Waals surface area contributed by atoms with E-state index in [4.69, 9.17) is 5.11 Å². The Bertz CT molecular complexity index is 340. The molecule has 2 N–H and O–H groups in total. The predicted molar refractivity (Wildman–Crippen MR) is 76.5 cm³/mol. The van der Waals surface area contributed by atoms with E-state index in [1.807, 2.05) is 0 Å². The summed E-state index contributed by atoms with van der Waals surface area (Å²) in [5.74, 6) is 0.226. The second kappa shape index (κ2) is 7.50. The fourth-order valence-corrected chi connectivity index (χ4v) is 3.43. The molecule has 1 saturated heterocycles. The molecule has 0 aromatic carbocycles.